The number of nitrogen functional groups attached to an aromatic ring is 1. The lowest BCUT2D eigenvalue weighted by molar-refractivity contribution is 0.628. The van der Waals surface area contributed by atoms with E-state index in [2.05, 4.69) is 10.3 Å². The highest BCUT2D eigenvalue weighted by molar-refractivity contribution is 5.85. The monoisotopic (exact) mass is 267 g/mol. The molecule has 100 valence electrons. The lowest BCUT2D eigenvalue weighted by Gasteiger charge is -2.11. The van der Waals surface area contributed by atoms with Crippen molar-refractivity contribution in [2.24, 2.45) is 0 Å². The first-order chi connectivity index (χ1) is 9.63. The number of fused-ring (bicyclic) bond motifs is 1. The molecule has 4 heteroatoms. The summed E-state index contributed by atoms with van der Waals surface area (Å²) in [6, 6.07) is 14.1. The minimum Gasteiger partial charge on any atom is -0.397 e. The maximum absolute atomic E-state index is 13.0. The van der Waals surface area contributed by atoms with Gasteiger partial charge in [-0.05, 0) is 42.8 Å². The molecule has 0 saturated carbocycles. The van der Waals surface area contributed by atoms with Gasteiger partial charge in [-0.3, -0.25) is 0 Å². The summed E-state index contributed by atoms with van der Waals surface area (Å²) in [6.07, 6.45) is 0. The summed E-state index contributed by atoms with van der Waals surface area (Å²) in [5.74, 6) is 0.343. The third-order valence-corrected chi connectivity index (χ3v) is 3.20. The van der Waals surface area contributed by atoms with Crippen LogP contribution in [-0.4, -0.2) is 4.98 Å². The number of nitrogens with zero attached hydrogens (tertiary/aromatic N) is 1. The van der Waals surface area contributed by atoms with Crippen LogP contribution in [0.5, 0.6) is 0 Å². The van der Waals surface area contributed by atoms with Crippen molar-refractivity contribution < 1.29 is 4.39 Å². The van der Waals surface area contributed by atoms with Crippen molar-refractivity contribution in [3.63, 3.8) is 0 Å². The van der Waals surface area contributed by atoms with Crippen molar-refractivity contribution >= 4 is 28.1 Å². The van der Waals surface area contributed by atoms with E-state index in [0.29, 0.717) is 17.2 Å². The van der Waals surface area contributed by atoms with Crippen molar-refractivity contribution in [1.29, 1.82) is 0 Å². The van der Waals surface area contributed by atoms with Crippen molar-refractivity contribution in [2.45, 2.75) is 6.92 Å². The Kier molecular flexibility index (Phi) is 2.99. The predicted molar refractivity (Wildman–Crippen MR) is 80.6 cm³/mol. The third kappa shape index (κ3) is 2.28. The van der Waals surface area contributed by atoms with Gasteiger partial charge in [-0.1, -0.05) is 18.2 Å². The van der Waals surface area contributed by atoms with Crippen LogP contribution in [0.25, 0.3) is 10.9 Å². The van der Waals surface area contributed by atoms with Crippen LogP contribution >= 0.6 is 0 Å². The number of nitrogens with one attached hydrogen (secondary N) is 1. The van der Waals surface area contributed by atoms with E-state index < -0.39 is 0 Å². The van der Waals surface area contributed by atoms with Gasteiger partial charge >= 0.3 is 0 Å². The first-order valence-electron chi connectivity index (χ1n) is 6.32. The number of halogens is 1. The molecule has 20 heavy (non-hydrogen) atoms. The SMILES string of the molecule is Cc1cc(Nc2ccc(F)cc2N)nc2ccccc12. The molecule has 3 N–H and O–H groups in total. The fraction of sp³-hybridized carbons (Fsp3) is 0.0625. The Morgan fingerprint density at radius 3 is 2.70 bits per heavy atom. The van der Waals surface area contributed by atoms with Gasteiger partial charge in [0.1, 0.15) is 11.6 Å². The molecule has 0 fully saturated rings. The highest BCUT2D eigenvalue weighted by Gasteiger charge is 2.05. The molecule has 0 unspecified atom stereocenters. The van der Waals surface area contributed by atoms with E-state index >= 15 is 0 Å². The van der Waals surface area contributed by atoms with E-state index in [1.54, 1.807) is 6.07 Å². The topological polar surface area (TPSA) is 50.9 Å². The zero-order valence-electron chi connectivity index (χ0n) is 11.0. The Labute approximate surface area is 116 Å². The fourth-order valence-corrected chi connectivity index (χ4v) is 2.20. The molecule has 0 aliphatic rings. The number of rotatable bonds is 2. The third-order valence-electron chi connectivity index (χ3n) is 3.20. The van der Waals surface area contributed by atoms with Crippen LogP contribution in [0.3, 0.4) is 0 Å². The molecule has 0 bridgehead atoms. The van der Waals surface area contributed by atoms with Crippen LogP contribution in [0.1, 0.15) is 5.56 Å². The average Bonchev–Trinajstić information content (AvgIpc) is 2.42. The maximum Gasteiger partial charge on any atom is 0.131 e. The number of nitrogens with two attached hydrogens (primary N) is 1. The van der Waals surface area contributed by atoms with Crippen molar-refractivity contribution in [1.82, 2.24) is 4.98 Å². The Hall–Kier alpha value is -2.62. The van der Waals surface area contributed by atoms with Crippen LogP contribution in [0.2, 0.25) is 0 Å². The molecule has 3 nitrogen and oxygen atoms in total. The normalized spacial score (nSPS) is 10.7. The second kappa shape index (κ2) is 4.81. The number of pyridine rings is 1. The summed E-state index contributed by atoms with van der Waals surface area (Å²) in [4.78, 5) is 4.53. The second-order valence-corrected chi connectivity index (χ2v) is 4.70. The molecular weight excluding hydrogens is 253 g/mol. The molecule has 3 rings (SSSR count). The first kappa shape index (κ1) is 12.4. The zero-order chi connectivity index (χ0) is 14.1. The maximum atomic E-state index is 13.0. The number of benzene rings is 2. The van der Waals surface area contributed by atoms with E-state index in [1.807, 2.05) is 37.3 Å². The number of aryl methyl sites for hydroxylation is 1. The molecule has 2 aromatic carbocycles. The summed E-state index contributed by atoms with van der Waals surface area (Å²) < 4.78 is 13.0. The smallest absolute Gasteiger partial charge is 0.131 e. The van der Waals surface area contributed by atoms with E-state index in [0.717, 1.165) is 16.5 Å². The van der Waals surface area contributed by atoms with E-state index in [-0.39, 0.29) is 5.82 Å². The van der Waals surface area contributed by atoms with Crippen molar-refractivity contribution in [2.75, 3.05) is 11.1 Å². The summed E-state index contributed by atoms with van der Waals surface area (Å²) >= 11 is 0. The van der Waals surface area contributed by atoms with Crippen LogP contribution < -0.4 is 11.1 Å². The van der Waals surface area contributed by atoms with E-state index in [1.165, 1.54) is 12.1 Å². The average molecular weight is 267 g/mol. The highest BCUT2D eigenvalue weighted by atomic mass is 19.1. The number of hydrogen-bond acceptors (Lipinski definition) is 3. The molecule has 0 atom stereocenters. The molecular formula is C16H14FN3. The Bertz CT molecular complexity index is 784. The fourth-order valence-electron chi connectivity index (χ4n) is 2.20. The molecule has 0 saturated heterocycles. The standard InChI is InChI=1S/C16H14FN3/c1-10-8-16(19-14-5-3-2-4-12(10)14)20-15-7-6-11(17)9-13(15)18/h2-9H,18H2,1H3,(H,19,20). The van der Waals surface area contributed by atoms with Gasteiger partial charge in [0.2, 0.25) is 0 Å². The molecule has 0 spiro atoms. The zero-order valence-corrected chi connectivity index (χ0v) is 11.0. The minimum absolute atomic E-state index is 0.351. The minimum atomic E-state index is -0.351. The van der Waals surface area contributed by atoms with E-state index in [9.17, 15) is 4.39 Å². The van der Waals surface area contributed by atoms with Gasteiger partial charge in [0, 0.05) is 5.39 Å². The highest BCUT2D eigenvalue weighted by Crippen LogP contribution is 2.25. The van der Waals surface area contributed by atoms with Gasteiger partial charge in [-0.2, -0.15) is 0 Å². The Morgan fingerprint density at radius 1 is 1.10 bits per heavy atom. The van der Waals surface area contributed by atoms with Gasteiger partial charge in [-0.25, -0.2) is 9.37 Å². The molecule has 0 aliphatic heterocycles. The predicted octanol–water partition coefficient (Wildman–Crippen LogP) is 4.01. The van der Waals surface area contributed by atoms with Crippen molar-refractivity contribution in [3.8, 4) is 0 Å². The van der Waals surface area contributed by atoms with Crippen LogP contribution in [0, 0.1) is 12.7 Å². The van der Waals surface area contributed by atoms with Crippen LogP contribution in [-0.2, 0) is 0 Å². The number of anilines is 3. The molecule has 0 amide bonds. The molecule has 1 aromatic heterocycles. The summed E-state index contributed by atoms with van der Waals surface area (Å²) in [5.41, 5.74) is 8.83. The largest absolute Gasteiger partial charge is 0.397 e. The first-order valence-corrected chi connectivity index (χ1v) is 6.32. The number of para-hydroxylation sites is 1. The van der Waals surface area contributed by atoms with Gasteiger partial charge in [-0.15, -0.1) is 0 Å². The van der Waals surface area contributed by atoms with Gasteiger partial charge in [0.25, 0.3) is 0 Å². The van der Waals surface area contributed by atoms with Crippen LogP contribution in [0.15, 0.2) is 48.5 Å². The molecule has 0 aliphatic carbocycles. The number of hydrogen-bond donors (Lipinski definition) is 2. The van der Waals surface area contributed by atoms with Gasteiger partial charge in [0.05, 0.1) is 16.9 Å². The number of aromatic nitrogens is 1. The molecule has 1 heterocycles. The summed E-state index contributed by atoms with van der Waals surface area (Å²) in [6.45, 7) is 2.03. The quantitative estimate of drug-likeness (QED) is 0.690. The lowest BCUT2D eigenvalue weighted by Crippen LogP contribution is -1.99. The van der Waals surface area contributed by atoms with E-state index in [4.69, 9.17) is 5.73 Å². The Balaban J connectivity index is 2.02. The van der Waals surface area contributed by atoms with Crippen molar-refractivity contribution in [3.05, 3.63) is 59.9 Å². The summed E-state index contributed by atoms with van der Waals surface area (Å²) in [5, 5.41) is 4.25. The van der Waals surface area contributed by atoms with Gasteiger partial charge in [0.15, 0.2) is 0 Å². The Morgan fingerprint density at radius 2 is 1.90 bits per heavy atom. The lowest BCUT2D eigenvalue weighted by atomic mass is 10.1. The molecule has 3 aromatic rings. The second-order valence-electron chi connectivity index (χ2n) is 4.70. The summed E-state index contributed by atoms with van der Waals surface area (Å²) in [7, 11) is 0. The van der Waals surface area contributed by atoms with Gasteiger partial charge < -0.3 is 11.1 Å². The molecule has 0 radical (unpaired) electrons. The van der Waals surface area contributed by atoms with Crippen LogP contribution in [0.4, 0.5) is 21.6 Å².